The van der Waals surface area contributed by atoms with Gasteiger partial charge in [0.05, 0.1) is 11.9 Å². The number of hydrogen-bond donors (Lipinski definition) is 0. The van der Waals surface area contributed by atoms with Gasteiger partial charge in [0, 0.05) is 21.7 Å². The van der Waals surface area contributed by atoms with Crippen molar-refractivity contribution in [2.75, 3.05) is 0 Å². The predicted octanol–water partition coefficient (Wildman–Crippen LogP) is 4.34. The van der Waals surface area contributed by atoms with Crippen molar-refractivity contribution in [2.24, 2.45) is 0 Å². The van der Waals surface area contributed by atoms with Crippen LogP contribution in [0.25, 0.3) is 11.3 Å². The van der Waals surface area contributed by atoms with Gasteiger partial charge in [-0.2, -0.15) is 10.2 Å². The minimum absolute atomic E-state index is 0.0647. The van der Waals surface area contributed by atoms with Crippen LogP contribution in [0.5, 0.6) is 0 Å². The van der Waals surface area contributed by atoms with Crippen molar-refractivity contribution in [3.8, 4) is 11.3 Å². The first-order valence-corrected chi connectivity index (χ1v) is 7.21. The highest BCUT2D eigenvalue weighted by Crippen LogP contribution is 2.20. The van der Waals surface area contributed by atoms with Crippen LogP contribution in [0.2, 0.25) is 5.02 Å². The van der Waals surface area contributed by atoms with Crippen LogP contribution in [0, 0.1) is 6.92 Å². The standard InChI is InChI=1S/C18H13ClN2O/c1-12-2-4-14(5-3-12)18(22)15-10-17(21-20-11-15)13-6-8-16(19)9-7-13/h2-11H,1H3. The molecule has 0 atom stereocenters. The lowest BCUT2D eigenvalue weighted by Crippen LogP contribution is -2.03. The number of rotatable bonds is 3. The first-order valence-electron chi connectivity index (χ1n) is 6.83. The van der Waals surface area contributed by atoms with Crippen molar-refractivity contribution in [3.05, 3.63) is 82.5 Å². The van der Waals surface area contributed by atoms with Crippen LogP contribution in [-0.4, -0.2) is 16.0 Å². The zero-order valence-electron chi connectivity index (χ0n) is 12.0. The van der Waals surface area contributed by atoms with E-state index in [1.807, 2.05) is 43.3 Å². The lowest BCUT2D eigenvalue weighted by atomic mass is 10.0. The Morgan fingerprint density at radius 3 is 2.32 bits per heavy atom. The molecule has 3 rings (SSSR count). The van der Waals surface area contributed by atoms with Gasteiger partial charge in [0.1, 0.15) is 0 Å². The van der Waals surface area contributed by atoms with Gasteiger partial charge in [0.25, 0.3) is 0 Å². The topological polar surface area (TPSA) is 42.9 Å². The van der Waals surface area contributed by atoms with E-state index >= 15 is 0 Å². The third-order valence-corrected chi connectivity index (χ3v) is 3.62. The molecule has 1 heterocycles. The van der Waals surface area contributed by atoms with Gasteiger partial charge in [-0.05, 0) is 25.1 Å². The molecule has 0 aliphatic heterocycles. The molecule has 3 nitrogen and oxygen atoms in total. The molecule has 0 bridgehead atoms. The highest BCUT2D eigenvalue weighted by Gasteiger charge is 2.11. The second kappa shape index (κ2) is 6.08. The largest absolute Gasteiger partial charge is 0.289 e. The molecular weight excluding hydrogens is 296 g/mol. The van der Waals surface area contributed by atoms with Crippen molar-refractivity contribution >= 4 is 17.4 Å². The summed E-state index contributed by atoms with van der Waals surface area (Å²) in [5.74, 6) is -0.0647. The van der Waals surface area contributed by atoms with E-state index in [1.165, 1.54) is 6.20 Å². The van der Waals surface area contributed by atoms with Crippen LogP contribution < -0.4 is 0 Å². The van der Waals surface area contributed by atoms with Crippen molar-refractivity contribution < 1.29 is 4.79 Å². The molecule has 3 aromatic rings. The highest BCUT2D eigenvalue weighted by molar-refractivity contribution is 6.30. The molecule has 0 amide bonds. The first-order chi connectivity index (χ1) is 10.6. The van der Waals surface area contributed by atoms with Gasteiger partial charge in [0.15, 0.2) is 5.78 Å². The maximum Gasteiger partial charge on any atom is 0.194 e. The van der Waals surface area contributed by atoms with E-state index in [2.05, 4.69) is 10.2 Å². The molecule has 0 saturated heterocycles. The summed E-state index contributed by atoms with van der Waals surface area (Å²) in [6, 6.07) is 16.5. The Balaban J connectivity index is 1.95. The first kappa shape index (κ1) is 14.4. The lowest BCUT2D eigenvalue weighted by Gasteiger charge is -2.04. The molecule has 0 fully saturated rings. The molecule has 4 heteroatoms. The van der Waals surface area contributed by atoms with Gasteiger partial charge in [-0.3, -0.25) is 4.79 Å². The molecule has 0 aliphatic carbocycles. The number of ketones is 1. The molecule has 0 radical (unpaired) electrons. The Bertz CT molecular complexity index is 811. The van der Waals surface area contributed by atoms with Crippen molar-refractivity contribution in [1.29, 1.82) is 0 Å². The minimum atomic E-state index is -0.0647. The molecule has 2 aromatic carbocycles. The summed E-state index contributed by atoms with van der Waals surface area (Å²) in [6.07, 6.45) is 1.49. The van der Waals surface area contributed by atoms with Crippen LogP contribution >= 0.6 is 11.6 Å². The Morgan fingerprint density at radius 2 is 1.64 bits per heavy atom. The van der Waals surface area contributed by atoms with Crippen molar-refractivity contribution in [3.63, 3.8) is 0 Å². The number of carbonyl (C=O) groups excluding carboxylic acids is 1. The zero-order valence-corrected chi connectivity index (χ0v) is 12.7. The third-order valence-electron chi connectivity index (χ3n) is 3.37. The Labute approximate surface area is 133 Å². The van der Waals surface area contributed by atoms with Gasteiger partial charge in [-0.25, -0.2) is 0 Å². The Kier molecular flexibility index (Phi) is 3.98. The van der Waals surface area contributed by atoms with E-state index in [0.29, 0.717) is 21.8 Å². The summed E-state index contributed by atoms with van der Waals surface area (Å²) >= 11 is 5.88. The highest BCUT2D eigenvalue weighted by atomic mass is 35.5. The Morgan fingerprint density at radius 1 is 0.955 bits per heavy atom. The molecular formula is C18H13ClN2O. The number of nitrogens with zero attached hydrogens (tertiary/aromatic N) is 2. The summed E-state index contributed by atoms with van der Waals surface area (Å²) in [5.41, 5.74) is 3.79. The Hall–Kier alpha value is -2.52. The van der Waals surface area contributed by atoms with Crippen LogP contribution in [0.4, 0.5) is 0 Å². The quantitative estimate of drug-likeness (QED) is 0.676. The molecule has 1 aromatic heterocycles. The average Bonchev–Trinajstić information content (AvgIpc) is 2.56. The van der Waals surface area contributed by atoms with Crippen LogP contribution in [-0.2, 0) is 0 Å². The fourth-order valence-corrected chi connectivity index (χ4v) is 2.25. The van der Waals surface area contributed by atoms with E-state index in [-0.39, 0.29) is 5.78 Å². The number of aromatic nitrogens is 2. The van der Waals surface area contributed by atoms with Gasteiger partial charge in [-0.15, -0.1) is 0 Å². The summed E-state index contributed by atoms with van der Waals surface area (Å²) in [6.45, 7) is 1.99. The normalized spacial score (nSPS) is 10.5. The summed E-state index contributed by atoms with van der Waals surface area (Å²) in [5, 5.41) is 8.68. The fourth-order valence-electron chi connectivity index (χ4n) is 2.12. The van der Waals surface area contributed by atoms with E-state index in [0.717, 1.165) is 11.1 Å². The van der Waals surface area contributed by atoms with Crippen LogP contribution in [0.15, 0.2) is 60.8 Å². The zero-order chi connectivity index (χ0) is 15.5. The van der Waals surface area contributed by atoms with Gasteiger partial charge in [-0.1, -0.05) is 53.6 Å². The molecule has 0 N–H and O–H groups in total. The summed E-state index contributed by atoms with van der Waals surface area (Å²) in [4.78, 5) is 12.5. The third kappa shape index (κ3) is 3.05. The van der Waals surface area contributed by atoms with Gasteiger partial charge in [0.2, 0.25) is 0 Å². The number of aryl methyl sites for hydroxylation is 1. The number of halogens is 1. The lowest BCUT2D eigenvalue weighted by molar-refractivity contribution is 0.103. The number of carbonyl (C=O) groups is 1. The molecule has 0 spiro atoms. The van der Waals surface area contributed by atoms with Gasteiger partial charge >= 0.3 is 0 Å². The summed E-state index contributed by atoms with van der Waals surface area (Å²) < 4.78 is 0. The molecule has 0 aliphatic rings. The smallest absolute Gasteiger partial charge is 0.194 e. The second-order valence-corrected chi connectivity index (χ2v) is 5.47. The average molecular weight is 309 g/mol. The van der Waals surface area contributed by atoms with Gasteiger partial charge < -0.3 is 0 Å². The minimum Gasteiger partial charge on any atom is -0.289 e. The van der Waals surface area contributed by atoms with E-state index < -0.39 is 0 Å². The van der Waals surface area contributed by atoms with Crippen LogP contribution in [0.1, 0.15) is 21.5 Å². The van der Waals surface area contributed by atoms with Crippen molar-refractivity contribution in [1.82, 2.24) is 10.2 Å². The summed E-state index contributed by atoms with van der Waals surface area (Å²) in [7, 11) is 0. The molecule has 108 valence electrons. The fraction of sp³-hybridized carbons (Fsp3) is 0.0556. The maximum atomic E-state index is 12.5. The second-order valence-electron chi connectivity index (χ2n) is 5.03. The predicted molar refractivity (Wildman–Crippen MR) is 87.1 cm³/mol. The van der Waals surface area contributed by atoms with Crippen LogP contribution in [0.3, 0.4) is 0 Å². The monoisotopic (exact) mass is 308 g/mol. The number of hydrogen-bond acceptors (Lipinski definition) is 3. The molecule has 0 unspecified atom stereocenters. The number of benzene rings is 2. The molecule has 22 heavy (non-hydrogen) atoms. The van der Waals surface area contributed by atoms with Crippen molar-refractivity contribution in [2.45, 2.75) is 6.92 Å². The molecule has 0 saturated carbocycles. The SMILES string of the molecule is Cc1ccc(C(=O)c2cnnc(-c3ccc(Cl)cc3)c2)cc1. The van der Waals surface area contributed by atoms with E-state index in [1.54, 1.807) is 18.2 Å². The van der Waals surface area contributed by atoms with E-state index in [9.17, 15) is 4.79 Å². The maximum absolute atomic E-state index is 12.5. The van der Waals surface area contributed by atoms with E-state index in [4.69, 9.17) is 11.6 Å².